The maximum atomic E-state index is 12.6. The summed E-state index contributed by atoms with van der Waals surface area (Å²) in [5.41, 5.74) is 1.97. The van der Waals surface area contributed by atoms with Gasteiger partial charge in [0.2, 0.25) is 0 Å². The summed E-state index contributed by atoms with van der Waals surface area (Å²) in [4.78, 5) is 29.1. The number of hydrogen-bond donors (Lipinski definition) is 1. The van der Waals surface area contributed by atoms with Gasteiger partial charge in [0.05, 0.1) is 11.2 Å². The van der Waals surface area contributed by atoms with Crippen molar-refractivity contribution < 1.29 is 9.21 Å². The third kappa shape index (κ3) is 2.76. The Morgan fingerprint density at radius 2 is 1.84 bits per heavy atom. The van der Waals surface area contributed by atoms with Crippen LogP contribution in [0.3, 0.4) is 0 Å². The summed E-state index contributed by atoms with van der Waals surface area (Å²) < 4.78 is 5.23. The SMILES string of the molecule is Cc1cc(NC(=O)c2cc3ccccc3oc2=O)c2ncccc2c1. The Kier molecular flexibility index (Phi) is 3.54. The maximum absolute atomic E-state index is 12.6. The van der Waals surface area contributed by atoms with Crippen LogP contribution >= 0.6 is 0 Å². The molecular formula is C20H14N2O3. The molecule has 0 atom stereocenters. The van der Waals surface area contributed by atoms with Crippen molar-refractivity contribution in [2.45, 2.75) is 6.92 Å². The number of nitrogens with zero attached hydrogens (tertiary/aromatic N) is 1. The first-order valence-corrected chi connectivity index (χ1v) is 7.81. The Labute approximate surface area is 142 Å². The lowest BCUT2D eigenvalue weighted by Crippen LogP contribution is -2.21. The molecule has 1 N–H and O–H groups in total. The molecule has 2 aromatic heterocycles. The van der Waals surface area contributed by atoms with Crippen LogP contribution in [0.15, 0.2) is 70.0 Å². The Balaban J connectivity index is 1.78. The number of hydrogen-bond acceptors (Lipinski definition) is 4. The van der Waals surface area contributed by atoms with Gasteiger partial charge in [-0.25, -0.2) is 4.79 Å². The van der Waals surface area contributed by atoms with Gasteiger partial charge in [-0.1, -0.05) is 24.3 Å². The minimum Gasteiger partial charge on any atom is -0.422 e. The van der Waals surface area contributed by atoms with Crippen LogP contribution in [0.4, 0.5) is 5.69 Å². The molecular weight excluding hydrogens is 316 g/mol. The van der Waals surface area contributed by atoms with Gasteiger partial charge in [-0.15, -0.1) is 0 Å². The third-order valence-corrected chi connectivity index (χ3v) is 3.98. The van der Waals surface area contributed by atoms with Gasteiger partial charge in [-0.05, 0) is 42.8 Å². The topological polar surface area (TPSA) is 72.2 Å². The number of benzene rings is 2. The first-order valence-electron chi connectivity index (χ1n) is 7.81. The van der Waals surface area contributed by atoms with Crippen LogP contribution < -0.4 is 10.9 Å². The molecule has 0 aliphatic carbocycles. The molecule has 0 bridgehead atoms. The second kappa shape index (κ2) is 5.87. The smallest absolute Gasteiger partial charge is 0.349 e. The molecule has 122 valence electrons. The highest BCUT2D eigenvalue weighted by Gasteiger charge is 2.15. The van der Waals surface area contributed by atoms with Gasteiger partial charge in [-0.3, -0.25) is 9.78 Å². The molecule has 0 fully saturated rings. The van der Waals surface area contributed by atoms with Crippen molar-refractivity contribution in [3.05, 3.63) is 82.3 Å². The van der Waals surface area contributed by atoms with Crippen molar-refractivity contribution >= 4 is 33.5 Å². The van der Waals surface area contributed by atoms with E-state index in [-0.39, 0.29) is 5.56 Å². The van der Waals surface area contributed by atoms with Crippen molar-refractivity contribution in [1.82, 2.24) is 4.98 Å². The van der Waals surface area contributed by atoms with E-state index in [9.17, 15) is 9.59 Å². The Morgan fingerprint density at radius 3 is 2.72 bits per heavy atom. The Bertz CT molecular complexity index is 1180. The number of carbonyl (C=O) groups excluding carboxylic acids is 1. The van der Waals surface area contributed by atoms with Crippen LogP contribution in [-0.2, 0) is 0 Å². The van der Waals surface area contributed by atoms with Crippen LogP contribution in [-0.4, -0.2) is 10.9 Å². The Morgan fingerprint density at radius 1 is 1.04 bits per heavy atom. The molecule has 0 aliphatic heterocycles. The number of nitrogens with one attached hydrogen (secondary N) is 1. The average Bonchev–Trinajstić information content (AvgIpc) is 2.61. The minimum atomic E-state index is -0.666. The molecule has 2 heterocycles. The van der Waals surface area contributed by atoms with Gasteiger partial charge in [0.25, 0.3) is 5.91 Å². The molecule has 0 saturated heterocycles. The minimum absolute atomic E-state index is 0.0377. The zero-order valence-electron chi connectivity index (χ0n) is 13.4. The first kappa shape index (κ1) is 15.1. The molecule has 4 aromatic rings. The number of amides is 1. The van der Waals surface area contributed by atoms with Crippen LogP contribution in [0, 0.1) is 6.92 Å². The number of aromatic nitrogens is 1. The van der Waals surface area contributed by atoms with E-state index in [2.05, 4.69) is 10.3 Å². The number of carbonyl (C=O) groups is 1. The van der Waals surface area contributed by atoms with Gasteiger partial charge in [0.1, 0.15) is 11.1 Å². The predicted octanol–water partition coefficient (Wildman–Crippen LogP) is 3.90. The number of pyridine rings is 1. The summed E-state index contributed by atoms with van der Waals surface area (Å²) >= 11 is 0. The van der Waals surface area contributed by atoms with Gasteiger partial charge < -0.3 is 9.73 Å². The number of para-hydroxylation sites is 1. The van der Waals surface area contributed by atoms with Crippen molar-refractivity contribution in [2.24, 2.45) is 0 Å². The molecule has 5 heteroatoms. The van der Waals surface area contributed by atoms with Crippen molar-refractivity contribution in [3.63, 3.8) is 0 Å². The Hall–Kier alpha value is -3.47. The molecule has 5 nitrogen and oxygen atoms in total. The van der Waals surface area contributed by atoms with E-state index >= 15 is 0 Å². The van der Waals surface area contributed by atoms with E-state index in [0.717, 1.165) is 10.9 Å². The van der Waals surface area contributed by atoms with Gasteiger partial charge in [-0.2, -0.15) is 0 Å². The van der Waals surface area contributed by atoms with Gasteiger partial charge >= 0.3 is 5.63 Å². The summed E-state index contributed by atoms with van der Waals surface area (Å²) in [6, 6.07) is 16.2. The van der Waals surface area contributed by atoms with Crippen molar-refractivity contribution in [1.29, 1.82) is 0 Å². The number of aryl methyl sites for hydroxylation is 1. The van der Waals surface area contributed by atoms with E-state index in [0.29, 0.717) is 22.2 Å². The molecule has 4 rings (SSSR count). The largest absolute Gasteiger partial charge is 0.422 e. The monoisotopic (exact) mass is 330 g/mol. The fraction of sp³-hybridized carbons (Fsp3) is 0.0500. The van der Waals surface area contributed by atoms with Crippen molar-refractivity contribution in [3.8, 4) is 0 Å². The van der Waals surface area contributed by atoms with Crippen molar-refractivity contribution in [2.75, 3.05) is 5.32 Å². The average molecular weight is 330 g/mol. The van der Waals surface area contributed by atoms with Crippen LogP contribution in [0.5, 0.6) is 0 Å². The van der Waals surface area contributed by atoms with E-state index in [1.807, 2.05) is 37.3 Å². The summed E-state index contributed by atoms with van der Waals surface area (Å²) in [5.74, 6) is -0.517. The fourth-order valence-electron chi connectivity index (χ4n) is 2.85. The van der Waals surface area contributed by atoms with Crippen LogP contribution in [0.1, 0.15) is 15.9 Å². The van der Waals surface area contributed by atoms with E-state index in [1.54, 1.807) is 30.5 Å². The second-order valence-electron chi connectivity index (χ2n) is 5.83. The molecule has 2 aromatic carbocycles. The number of anilines is 1. The van der Waals surface area contributed by atoms with Crippen LogP contribution in [0.2, 0.25) is 0 Å². The van der Waals surface area contributed by atoms with E-state index < -0.39 is 11.5 Å². The summed E-state index contributed by atoms with van der Waals surface area (Å²) in [5, 5.41) is 4.40. The first-order chi connectivity index (χ1) is 12.1. The van der Waals surface area contributed by atoms with Crippen LogP contribution in [0.25, 0.3) is 21.9 Å². The maximum Gasteiger partial charge on any atom is 0.349 e. The standard InChI is InChI=1S/C20H14N2O3/c1-12-9-14-6-4-8-21-18(14)16(10-12)22-19(23)15-11-13-5-2-3-7-17(13)25-20(15)24/h2-11H,1H3,(H,22,23). The second-order valence-corrected chi connectivity index (χ2v) is 5.83. The summed E-state index contributed by atoms with van der Waals surface area (Å²) in [6.07, 6.45) is 1.66. The molecule has 0 unspecified atom stereocenters. The van der Waals surface area contributed by atoms with E-state index in [1.165, 1.54) is 0 Å². The molecule has 25 heavy (non-hydrogen) atoms. The summed E-state index contributed by atoms with van der Waals surface area (Å²) in [6.45, 7) is 1.94. The quantitative estimate of drug-likeness (QED) is 0.566. The lowest BCUT2D eigenvalue weighted by Gasteiger charge is -2.09. The molecule has 0 radical (unpaired) electrons. The van der Waals surface area contributed by atoms with Gasteiger partial charge in [0, 0.05) is 17.0 Å². The molecule has 0 saturated carbocycles. The predicted molar refractivity (Wildman–Crippen MR) is 96.9 cm³/mol. The number of rotatable bonds is 2. The number of fused-ring (bicyclic) bond motifs is 2. The zero-order valence-corrected chi connectivity index (χ0v) is 13.4. The lowest BCUT2D eigenvalue weighted by atomic mass is 10.1. The highest BCUT2D eigenvalue weighted by atomic mass is 16.4. The highest BCUT2D eigenvalue weighted by Crippen LogP contribution is 2.24. The van der Waals surface area contributed by atoms with Gasteiger partial charge in [0.15, 0.2) is 0 Å². The highest BCUT2D eigenvalue weighted by molar-refractivity contribution is 6.09. The zero-order chi connectivity index (χ0) is 17.4. The molecule has 0 aliphatic rings. The normalized spacial score (nSPS) is 10.9. The summed E-state index contributed by atoms with van der Waals surface area (Å²) in [7, 11) is 0. The fourth-order valence-corrected chi connectivity index (χ4v) is 2.85. The lowest BCUT2D eigenvalue weighted by molar-refractivity contribution is 0.102. The third-order valence-electron chi connectivity index (χ3n) is 3.98. The molecule has 1 amide bonds. The van der Waals surface area contributed by atoms with E-state index in [4.69, 9.17) is 4.42 Å². The molecule has 0 spiro atoms.